The number of nitrogens with zero attached hydrogens (tertiary/aromatic N) is 2. The zero-order chi connectivity index (χ0) is 40.0. The summed E-state index contributed by atoms with van der Waals surface area (Å²) < 4.78 is 34.4. The van der Waals surface area contributed by atoms with Gasteiger partial charge in [0.1, 0.15) is 6.54 Å². The Morgan fingerprint density at radius 1 is 1.02 bits per heavy atom. The van der Waals surface area contributed by atoms with Crippen molar-refractivity contribution in [2.45, 2.75) is 77.7 Å². The number of unbranched alkanes of at least 4 members (excludes halogenated alkanes) is 1. The number of benzene rings is 3. The summed E-state index contributed by atoms with van der Waals surface area (Å²) in [5, 5.41) is 8.17. The fraction of sp³-hybridized carbons (Fsp3) is 0.405. The van der Waals surface area contributed by atoms with Gasteiger partial charge in [-0.3, -0.25) is 14.8 Å². The van der Waals surface area contributed by atoms with Crippen molar-refractivity contribution in [3.8, 4) is 0 Å². The van der Waals surface area contributed by atoms with Gasteiger partial charge in [0.25, 0.3) is 10.1 Å². The van der Waals surface area contributed by atoms with Crippen LogP contribution in [-0.4, -0.2) is 71.6 Å². The van der Waals surface area contributed by atoms with E-state index in [0.717, 1.165) is 46.3 Å². The zero-order valence-electron chi connectivity index (χ0n) is 32.7. The van der Waals surface area contributed by atoms with Crippen LogP contribution in [0.4, 0.5) is 21.9 Å². The third-order valence-corrected chi connectivity index (χ3v) is 12.2. The molecule has 2 aliphatic heterocycles. The molecule has 0 spiro atoms. The second kappa shape index (κ2) is 17.6. The predicted molar refractivity (Wildman–Crippen MR) is 227 cm³/mol. The molecular formula is C42H55N6O5S2+. The molecule has 0 aromatic heterocycles. The van der Waals surface area contributed by atoms with Crippen molar-refractivity contribution in [2.24, 2.45) is 5.84 Å². The lowest BCUT2D eigenvalue weighted by Crippen LogP contribution is -2.44. The molecule has 0 saturated heterocycles. The third-order valence-electron chi connectivity index (χ3n) is 10.4. The van der Waals surface area contributed by atoms with Crippen LogP contribution >= 0.6 is 11.8 Å². The Hall–Kier alpha value is -4.43. The number of allylic oxidation sites excluding steroid dienone is 6. The number of nitrogens with two attached hydrogens (primary N) is 1. The number of fused-ring (bicyclic) bond motifs is 4. The molecule has 294 valence electrons. The van der Waals surface area contributed by atoms with Crippen molar-refractivity contribution in [1.82, 2.24) is 10.7 Å². The van der Waals surface area contributed by atoms with Crippen molar-refractivity contribution in [3.05, 3.63) is 102 Å². The fourth-order valence-corrected chi connectivity index (χ4v) is 9.23. The molecule has 5 rings (SSSR count). The molecule has 3 amide bonds. The number of anilines is 2. The summed E-state index contributed by atoms with van der Waals surface area (Å²) in [6.45, 7) is 14.3. The monoisotopic (exact) mass is 787 g/mol. The van der Waals surface area contributed by atoms with Crippen LogP contribution in [0.3, 0.4) is 0 Å². The predicted octanol–water partition coefficient (Wildman–Crippen LogP) is 7.32. The minimum Gasteiger partial charge on any atom is -0.344 e. The van der Waals surface area contributed by atoms with Crippen molar-refractivity contribution in [1.29, 1.82) is 0 Å². The number of nitrogens with one attached hydrogen (secondary N) is 3. The van der Waals surface area contributed by atoms with Gasteiger partial charge in [0.05, 0.1) is 16.9 Å². The first-order valence-corrected chi connectivity index (χ1v) is 21.6. The normalized spacial score (nSPS) is 17.3. The average Bonchev–Trinajstić information content (AvgIpc) is 3.49. The topological polar surface area (TPSA) is 157 Å². The van der Waals surface area contributed by atoms with E-state index in [4.69, 9.17) is 5.84 Å². The SMILES string of the molecule is CCN1/C(=C/C=C/C=C/C2=[N+](CCCCS(=O)(=O)O)c3ccc4ccccc4c3C2(C)C)C(C)(C)c2cc(NC(=O)CSCCC(C)NC(=O)NN)ccc21. The maximum absolute atomic E-state index is 12.8. The Morgan fingerprint density at radius 3 is 2.51 bits per heavy atom. The van der Waals surface area contributed by atoms with E-state index in [-0.39, 0.29) is 28.5 Å². The third kappa shape index (κ3) is 9.69. The first kappa shape index (κ1) is 41.7. The highest BCUT2D eigenvalue weighted by Gasteiger charge is 2.45. The number of amides is 3. The van der Waals surface area contributed by atoms with E-state index in [1.807, 2.05) is 25.1 Å². The molecule has 0 bridgehead atoms. The fourth-order valence-electron chi connectivity index (χ4n) is 7.74. The van der Waals surface area contributed by atoms with E-state index < -0.39 is 16.1 Å². The maximum Gasteiger partial charge on any atom is 0.329 e. The van der Waals surface area contributed by atoms with Gasteiger partial charge < -0.3 is 15.5 Å². The number of urea groups is 1. The number of hydrogen-bond donors (Lipinski definition) is 5. The van der Waals surface area contributed by atoms with Gasteiger partial charge in [0.15, 0.2) is 5.71 Å². The van der Waals surface area contributed by atoms with E-state index in [1.165, 1.54) is 28.1 Å². The Morgan fingerprint density at radius 2 is 1.78 bits per heavy atom. The van der Waals surface area contributed by atoms with Crippen LogP contribution in [0, 0.1) is 0 Å². The molecule has 6 N–H and O–H groups in total. The van der Waals surface area contributed by atoms with Crippen molar-refractivity contribution >= 4 is 67.4 Å². The summed E-state index contributed by atoms with van der Waals surface area (Å²) in [5.74, 6) is 5.83. The first-order chi connectivity index (χ1) is 26.1. The molecule has 13 heteroatoms. The van der Waals surface area contributed by atoms with Crippen molar-refractivity contribution in [2.75, 3.05) is 40.6 Å². The lowest BCUT2D eigenvalue weighted by Gasteiger charge is -2.25. The molecule has 3 aromatic rings. The van der Waals surface area contributed by atoms with Crippen LogP contribution < -0.4 is 26.8 Å². The Bertz CT molecular complexity index is 2160. The molecule has 0 aliphatic carbocycles. The van der Waals surface area contributed by atoms with E-state index >= 15 is 0 Å². The van der Waals surface area contributed by atoms with Gasteiger partial charge in [0.2, 0.25) is 11.6 Å². The number of likely N-dealkylation sites (N-methyl/N-ethyl adjacent to an activating group) is 1. The largest absolute Gasteiger partial charge is 0.344 e. The van der Waals surface area contributed by atoms with Crippen LogP contribution in [0.1, 0.15) is 71.9 Å². The number of carbonyl (C=O) groups excluding carboxylic acids is 2. The second-order valence-electron chi connectivity index (χ2n) is 15.1. The summed E-state index contributed by atoms with van der Waals surface area (Å²) >= 11 is 1.52. The zero-order valence-corrected chi connectivity index (χ0v) is 34.3. The van der Waals surface area contributed by atoms with E-state index in [0.29, 0.717) is 31.6 Å². The standard InChI is InChI=1S/C42H54N6O5S2/c1-7-47-34-22-20-31(45-38(49)28-54-25-23-29(2)44-40(50)46-43)27-33(34)41(3,4)36(47)17-9-8-10-18-37-42(5,6)39-32-16-12-11-15-30(32)19-21-35(39)48(37)24-13-14-26-55(51,52)53/h8-12,15-22,27,29H,7,13-14,23-26,28,43H2,1-6H3,(H3-,44,45,46,49,50,51,52,53)/p+1. The summed E-state index contributed by atoms with van der Waals surface area (Å²) in [5.41, 5.74) is 9.13. The minimum atomic E-state index is -4.01. The van der Waals surface area contributed by atoms with Gasteiger partial charge in [-0.15, -0.1) is 0 Å². The lowest BCUT2D eigenvalue weighted by atomic mass is 9.79. The van der Waals surface area contributed by atoms with Gasteiger partial charge in [-0.1, -0.05) is 56.3 Å². The Labute approximate surface area is 329 Å². The molecule has 1 unspecified atom stereocenters. The van der Waals surface area contributed by atoms with Gasteiger partial charge in [-0.05, 0) is 93.0 Å². The van der Waals surface area contributed by atoms with Crippen molar-refractivity contribution in [3.63, 3.8) is 0 Å². The van der Waals surface area contributed by atoms with Gasteiger partial charge in [-0.2, -0.15) is 24.8 Å². The van der Waals surface area contributed by atoms with Crippen LogP contribution in [-0.2, 0) is 25.7 Å². The minimum absolute atomic E-state index is 0.0555. The molecule has 1 atom stereocenters. The highest BCUT2D eigenvalue weighted by Crippen LogP contribution is 2.48. The number of hydrogen-bond acceptors (Lipinski definition) is 7. The summed E-state index contributed by atoms with van der Waals surface area (Å²) in [4.78, 5) is 26.5. The van der Waals surface area contributed by atoms with E-state index in [9.17, 15) is 22.6 Å². The molecule has 2 aliphatic rings. The molecule has 11 nitrogen and oxygen atoms in total. The van der Waals surface area contributed by atoms with Crippen molar-refractivity contribution < 1.29 is 27.1 Å². The number of rotatable bonds is 16. The molecule has 0 radical (unpaired) electrons. The highest BCUT2D eigenvalue weighted by atomic mass is 32.2. The number of thioether (sulfide) groups is 1. The van der Waals surface area contributed by atoms with Crippen LogP contribution in [0.2, 0.25) is 0 Å². The Balaban J connectivity index is 1.30. The summed E-state index contributed by atoms with van der Waals surface area (Å²) in [6, 6.07) is 18.3. The molecular weight excluding hydrogens is 733 g/mol. The Kier molecular flexibility index (Phi) is 13.3. The molecule has 2 heterocycles. The smallest absolute Gasteiger partial charge is 0.329 e. The van der Waals surface area contributed by atoms with E-state index in [1.54, 1.807) is 0 Å². The van der Waals surface area contributed by atoms with Gasteiger partial charge >= 0.3 is 6.03 Å². The quantitative estimate of drug-likeness (QED) is 0.0192. The number of carbonyl (C=O) groups is 2. The number of hydrazine groups is 1. The second-order valence-corrected chi connectivity index (χ2v) is 17.8. The average molecular weight is 788 g/mol. The molecule has 55 heavy (non-hydrogen) atoms. The van der Waals surface area contributed by atoms with E-state index in [2.05, 4.69) is 127 Å². The van der Waals surface area contributed by atoms with Gasteiger partial charge in [-0.25, -0.2) is 10.6 Å². The van der Waals surface area contributed by atoms with Gasteiger partial charge in [0, 0.05) is 59.2 Å². The molecule has 3 aromatic carbocycles. The van der Waals surface area contributed by atoms with Crippen LogP contribution in [0.5, 0.6) is 0 Å². The highest BCUT2D eigenvalue weighted by molar-refractivity contribution is 7.99. The first-order valence-electron chi connectivity index (χ1n) is 18.8. The molecule has 0 fully saturated rings. The maximum atomic E-state index is 12.8. The molecule has 0 saturated carbocycles. The van der Waals surface area contributed by atoms with Crippen LogP contribution in [0.25, 0.3) is 10.8 Å². The lowest BCUT2D eigenvalue weighted by molar-refractivity contribution is -0.438. The summed E-state index contributed by atoms with van der Waals surface area (Å²) in [6.07, 6.45) is 12.2. The summed E-state index contributed by atoms with van der Waals surface area (Å²) in [7, 11) is -4.01. The van der Waals surface area contributed by atoms with Crippen LogP contribution in [0.15, 0.2) is 90.7 Å².